The summed E-state index contributed by atoms with van der Waals surface area (Å²) in [6.07, 6.45) is 0. The third-order valence-corrected chi connectivity index (χ3v) is 9.72. The third kappa shape index (κ3) is 5.61. The molecule has 0 saturated carbocycles. The first-order valence-electron chi connectivity index (χ1n) is 14.7. The van der Waals surface area contributed by atoms with E-state index in [1.54, 1.807) is 25.4 Å². The summed E-state index contributed by atoms with van der Waals surface area (Å²) in [5, 5.41) is 4.74. The molecule has 1 fully saturated rings. The molecule has 4 aromatic rings. The van der Waals surface area contributed by atoms with Gasteiger partial charge in [-0.3, -0.25) is 19.3 Å². The van der Waals surface area contributed by atoms with Crippen molar-refractivity contribution in [2.24, 2.45) is 0 Å². The van der Waals surface area contributed by atoms with E-state index >= 15 is 0 Å². The average Bonchev–Trinajstić information content (AvgIpc) is 3.34. The Morgan fingerprint density at radius 1 is 0.932 bits per heavy atom. The number of carbonyl (C=O) groups excluding carboxylic acids is 3. The molecule has 0 N–H and O–H groups in total. The van der Waals surface area contributed by atoms with E-state index in [0.29, 0.717) is 37.7 Å². The molecule has 0 aliphatic carbocycles. The molecule has 6 rings (SSSR count). The van der Waals surface area contributed by atoms with Crippen LogP contribution in [-0.2, 0) is 14.4 Å². The van der Waals surface area contributed by atoms with E-state index in [0.717, 1.165) is 33.5 Å². The lowest BCUT2D eigenvalue weighted by Gasteiger charge is -2.35. The lowest BCUT2D eigenvalue weighted by Crippen LogP contribution is -2.53. The Balaban J connectivity index is 1.54. The predicted octanol–water partition coefficient (Wildman–Crippen LogP) is 5.16. The molecule has 10 heteroatoms. The number of fused-ring (bicyclic) bond motifs is 1. The average molecular weight is 612 g/mol. The molecule has 2 aliphatic rings. The van der Waals surface area contributed by atoms with Gasteiger partial charge in [-0.05, 0) is 48.7 Å². The van der Waals surface area contributed by atoms with Crippen LogP contribution in [0.25, 0.3) is 16.9 Å². The van der Waals surface area contributed by atoms with E-state index in [9.17, 15) is 18.8 Å². The quantitative estimate of drug-likeness (QED) is 0.312. The smallest absolute Gasteiger partial charge is 0.242 e. The molecule has 226 valence electrons. The summed E-state index contributed by atoms with van der Waals surface area (Å²) in [5.74, 6) is -0.190. The van der Waals surface area contributed by atoms with Gasteiger partial charge in [0.15, 0.2) is 0 Å². The molecule has 1 atom stereocenters. The van der Waals surface area contributed by atoms with E-state index in [2.05, 4.69) is 0 Å². The molecule has 1 aromatic heterocycles. The van der Waals surface area contributed by atoms with Gasteiger partial charge in [0.2, 0.25) is 17.7 Å². The van der Waals surface area contributed by atoms with Crippen LogP contribution in [0.5, 0.6) is 0 Å². The maximum atomic E-state index is 14.6. The maximum absolute atomic E-state index is 14.6. The monoisotopic (exact) mass is 611 g/mol. The number of rotatable bonds is 5. The van der Waals surface area contributed by atoms with E-state index in [4.69, 9.17) is 5.10 Å². The molecule has 44 heavy (non-hydrogen) atoms. The van der Waals surface area contributed by atoms with Gasteiger partial charge in [-0.1, -0.05) is 54.6 Å². The Hall–Kier alpha value is -4.44. The van der Waals surface area contributed by atoms with Crippen molar-refractivity contribution in [3.63, 3.8) is 0 Å². The Kier molecular flexibility index (Phi) is 8.27. The lowest BCUT2D eigenvalue weighted by atomic mass is 9.99. The number of aromatic nitrogens is 2. The van der Waals surface area contributed by atoms with Crippen molar-refractivity contribution in [1.29, 1.82) is 0 Å². The molecule has 3 amide bonds. The highest BCUT2D eigenvalue weighted by Crippen LogP contribution is 2.48. The van der Waals surface area contributed by atoms with Gasteiger partial charge in [-0.25, -0.2) is 9.07 Å². The molecule has 0 radical (unpaired) electrons. The minimum atomic E-state index is -0.419. The first-order chi connectivity index (χ1) is 21.2. The highest BCUT2D eigenvalue weighted by atomic mass is 32.2. The van der Waals surface area contributed by atoms with Gasteiger partial charge in [0.1, 0.15) is 18.2 Å². The Morgan fingerprint density at radius 3 is 2.34 bits per heavy atom. The third-order valence-electron chi connectivity index (χ3n) is 8.46. The molecule has 0 bridgehead atoms. The number of halogens is 1. The summed E-state index contributed by atoms with van der Waals surface area (Å²) in [5.41, 5.74) is 5.86. The van der Waals surface area contributed by atoms with Crippen LogP contribution >= 0.6 is 11.8 Å². The van der Waals surface area contributed by atoms with Crippen LogP contribution in [-0.4, -0.2) is 75.8 Å². The molecule has 2 aliphatic heterocycles. The minimum absolute atomic E-state index is 0.0179. The number of piperazine rings is 1. The van der Waals surface area contributed by atoms with E-state index in [-0.39, 0.29) is 35.8 Å². The van der Waals surface area contributed by atoms with Gasteiger partial charge < -0.3 is 9.80 Å². The van der Waals surface area contributed by atoms with Crippen molar-refractivity contribution >= 4 is 35.3 Å². The van der Waals surface area contributed by atoms with Gasteiger partial charge >= 0.3 is 0 Å². The molecule has 0 spiro atoms. The number of anilines is 1. The number of carbonyl (C=O) groups is 3. The highest BCUT2D eigenvalue weighted by Gasteiger charge is 2.39. The van der Waals surface area contributed by atoms with Gasteiger partial charge in [0.05, 0.1) is 22.4 Å². The molecule has 3 aromatic carbocycles. The van der Waals surface area contributed by atoms with Crippen molar-refractivity contribution in [2.45, 2.75) is 26.0 Å². The van der Waals surface area contributed by atoms with Crippen molar-refractivity contribution in [1.82, 2.24) is 19.6 Å². The first kappa shape index (κ1) is 29.6. The van der Waals surface area contributed by atoms with Crippen LogP contribution < -0.4 is 4.90 Å². The second-order valence-electron chi connectivity index (χ2n) is 11.2. The van der Waals surface area contributed by atoms with E-state index < -0.39 is 5.25 Å². The van der Waals surface area contributed by atoms with Crippen molar-refractivity contribution in [2.75, 3.05) is 43.4 Å². The van der Waals surface area contributed by atoms with Gasteiger partial charge in [-0.2, -0.15) is 5.10 Å². The molecular weight excluding hydrogens is 577 g/mol. The number of amides is 3. The molecule has 8 nitrogen and oxygen atoms in total. The van der Waals surface area contributed by atoms with E-state index in [1.807, 2.05) is 68.4 Å². The highest BCUT2D eigenvalue weighted by molar-refractivity contribution is 8.00. The van der Waals surface area contributed by atoms with Crippen LogP contribution in [0.1, 0.15) is 34.4 Å². The number of nitrogens with zero attached hydrogens (tertiary/aromatic N) is 5. The summed E-state index contributed by atoms with van der Waals surface area (Å²) >= 11 is 1.41. The zero-order valence-electron chi connectivity index (χ0n) is 25.0. The largest absolute Gasteiger partial charge is 0.339 e. The normalized spacial score (nSPS) is 17.0. The fourth-order valence-electron chi connectivity index (χ4n) is 5.90. The Morgan fingerprint density at radius 2 is 1.64 bits per heavy atom. The minimum Gasteiger partial charge on any atom is -0.339 e. The van der Waals surface area contributed by atoms with Crippen molar-refractivity contribution in [3.8, 4) is 16.9 Å². The summed E-state index contributed by atoms with van der Waals surface area (Å²) < 4.78 is 16.4. The molecule has 1 unspecified atom stereocenters. The fraction of sp³-hybridized carbons (Fsp3) is 0.294. The topological polar surface area (TPSA) is 78.8 Å². The van der Waals surface area contributed by atoms with E-state index in [1.165, 1.54) is 30.8 Å². The summed E-state index contributed by atoms with van der Waals surface area (Å²) in [4.78, 5) is 44.7. The summed E-state index contributed by atoms with van der Waals surface area (Å²) in [6.45, 7) is 7.11. The fourth-order valence-corrected chi connectivity index (χ4v) is 7.09. The lowest BCUT2D eigenvalue weighted by molar-refractivity contribution is -0.137. The van der Waals surface area contributed by atoms with Crippen LogP contribution in [0, 0.1) is 19.7 Å². The molecular formula is C34H34FN5O3S. The Labute approximate surface area is 260 Å². The van der Waals surface area contributed by atoms with Crippen LogP contribution in [0.3, 0.4) is 0 Å². The standard InChI is InChI=1S/C34H34FN5O3S/c1-22-9-7-14-28(23(22)2)40-34-31(32(36-40)25-10-5-4-6-11-25)33(26-12-8-13-27(35)19-26)44-21-30(43)39(34)20-29(42)38-17-15-37(16-18-38)24(3)41/h4-14,19,33H,15-18,20-21H2,1-3H3. The van der Waals surface area contributed by atoms with Crippen molar-refractivity contribution < 1.29 is 18.8 Å². The zero-order valence-corrected chi connectivity index (χ0v) is 25.8. The number of aryl methyl sites for hydroxylation is 1. The summed E-state index contributed by atoms with van der Waals surface area (Å²) in [6, 6.07) is 22.2. The number of hydrogen-bond acceptors (Lipinski definition) is 5. The predicted molar refractivity (Wildman–Crippen MR) is 170 cm³/mol. The second kappa shape index (κ2) is 12.3. The van der Waals surface area contributed by atoms with Crippen LogP contribution in [0.2, 0.25) is 0 Å². The van der Waals surface area contributed by atoms with Gasteiger partial charge in [-0.15, -0.1) is 11.8 Å². The first-order valence-corrected chi connectivity index (χ1v) is 15.7. The molecule has 1 saturated heterocycles. The number of benzene rings is 3. The number of thioether (sulfide) groups is 1. The van der Waals surface area contributed by atoms with Crippen LogP contribution in [0.4, 0.5) is 10.2 Å². The SMILES string of the molecule is CC(=O)N1CCN(C(=O)CN2C(=O)CSC(c3cccc(F)c3)c3c(-c4ccccc4)nn(-c4cccc(C)c4C)c32)CC1. The van der Waals surface area contributed by atoms with Gasteiger partial charge in [0.25, 0.3) is 0 Å². The Bertz CT molecular complexity index is 1730. The van der Waals surface area contributed by atoms with Crippen molar-refractivity contribution in [3.05, 3.63) is 101 Å². The van der Waals surface area contributed by atoms with Crippen LogP contribution in [0.15, 0.2) is 72.8 Å². The molecule has 3 heterocycles. The van der Waals surface area contributed by atoms with Gasteiger partial charge in [0, 0.05) is 44.2 Å². The maximum Gasteiger partial charge on any atom is 0.242 e. The zero-order chi connectivity index (χ0) is 31.0. The summed E-state index contributed by atoms with van der Waals surface area (Å²) in [7, 11) is 0. The second-order valence-corrected chi connectivity index (χ2v) is 12.3. The number of hydrogen-bond donors (Lipinski definition) is 0.